The summed E-state index contributed by atoms with van der Waals surface area (Å²) in [5.41, 5.74) is 5.59. The average Bonchev–Trinajstić information content (AvgIpc) is 2.92. The predicted molar refractivity (Wildman–Crippen MR) is 163 cm³/mol. The maximum absolute atomic E-state index is 9.38. The van der Waals surface area contributed by atoms with E-state index in [1.165, 1.54) is 32.0 Å². The van der Waals surface area contributed by atoms with Gasteiger partial charge in [0.15, 0.2) is 0 Å². The van der Waals surface area contributed by atoms with E-state index in [2.05, 4.69) is 48.5 Å². The Morgan fingerprint density at radius 2 is 0.676 bits per heavy atom. The van der Waals surface area contributed by atoms with E-state index in [0.717, 1.165) is 48.7 Å². The molecule has 0 atom stereocenters. The van der Waals surface area contributed by atoms with Gasteiger partial charge < -0.3 is 10.2 Å². The number of thioether (sulfide) groups is 3. The first-order valence-electron chi connectivity index (χ1n) is 12.7. The van der Waals surface area contributed by atoms with Crippen molar-refractivity contribution in [3.63, 3.8) is 0 Å². The second-order valence-electron chi connectivity index (χ2n) is 8.93. The Morgan fingerprint density at radius 3 is 1.00 bits per heavy atom. The Hall–Kier alpha value is -2.47. The van der Waals surface area contributed by atoms with E-state index >= 15 is 0 Å². The number of phenols is 2. The minimum absolute atomic E-state index is 0.321. The number of rotatable bonds is 14. The van der Waals surface area contributed by atoms with Gasteiger partial charge in [0, 0.05) is 21.3 Å². The molecule has 0 radical (unpaired) electrons. The summed E-state index contributed by atoms with van der Waals surface area (Å²) in [6, 6.07) is 33.0. The van der Waals surface area contributed by atoms with Crippen molar-refractivity contribution in [2.75, 3.05) is 23.0 Å². The van der Waals surface area contributed by atoms with E-state index < -0.39 is 0 Å². The molecular formula is C32H34O2S3. The van der Waals surface area contributed by atoms with Gasteiger partial charge >= 0.3 is 0 Å². The molecule has 192 valence electrons. The molecule has 2 nitrogen and oxygen atoms in total. The van der Waals surface area contributed by atoms with E-state index in [1.807, 2.05) is 59.6 Å². The number of hydrogen-bond donors (Lipinski definition) is 2. The lowest BCUT2D eigenvalue weighted by atomic mass is 10.1. The van der Waals surface area contributed by atoms with Gasteiger partial charge in [-0.15, -0.1) is 23.5 Å². The molecule has 4 aromatic rings. The van der Waals surface area contributed by atoms with E-state index in [-0.39, 0.29) is 0 Å². The maximum atomic E-state index is 9.38. The third kappa shape index (κ3) is 10.1. The van der Waals surface area contributed by atoms with Gasteiger partial charge in [0.05, 0.1) is 0 Å². The van der Waals surface area contributed by atoms with Gasteiger partial charge in [-0.3, -0.25) is 0 Å². The molecule has 0 aromatic heterocycles. The lowest BCUT2D eigenvalue weighted by molar-refractivity contribution is 0.474. The van der Waals surface area contributed by atoms with Gasteiger partial charge in [0.2, 0.25) is 0 Å². The fraction of sp³-hybridized carbons (Fsp3) is 0.250. The molecule has 5 heteroatoms. The summed E-state index contributed by atoms with van der Waals surface area (Å²) in [5, 5.41) is 18.8. The lowest BCUT2D eigenvalue weighted by Crippen LogP contribution is -1.95. The van der Waals surface area contributed by atoms with Crippen LogP contribution in [-0.2, 0) is 25.7 Å². The normalized spacial score (nSPS) is 11.0. The van der Waals surface area contributed by atoms with Crippen molar-refractivity contribution in [3.8, 4) is 11.5 Å². The minimum atomic E-state index is 0.321. The molecule has 0 aliphatic carbocycles. The zero-order valence-electron chi connectivity index (χ0n) is 21.0. The van der Waals surface area contributed by atoms with Gasteiger partial charge in [-0.2, -0.15) is 11.8 Å². The van der Waals surface area contributed by atoms with Gasteiger partial charge in [-0.1, -0.05) is 48.5 Å². The summed E-state index contributed by atoms with van der Waals surface area (Å²) in [7, 11) is 0. The van der Waals surface area contributed by atoms with Crippen LogP contribution in [0.1, 0.15) is 22.3 Å². The van der Waals surface area contributed by atoms with Crippen LogP contribution in [0.15, 0.2) is 107 Å². The van der Waals surface area contributed by atoms with Crippen molar-refractivity contribution < 1.29 is 10.2 Å². The van der Waals surface area contributed by atoms with E-state index in [4.69, 9.17) is 0 Å². The molecular weight excluding hydrogens is 513 g/mol. The van der Waals surface area contributed by atoms with Gasteiger partial charge in [0.25, 0.3) is 0 Å². The highest BCUT2D eigenvalue weighted by molar-refractivity contribution is 7.99. The summed E-state index contributed by atoms with van der Waals surface area (Å²) >= 11 is 5.69. The summed E-state index contributed by atoms with van der Waals surface area (Å²) in [6.07, 6.45) is 4.34. The van der Waals surface area contributed by atoms with Crippen LogP contribution in [-0.4, -0.2) is 33.2 Å². The summed E-state index contributed by atoms with van der Waals surface area (Å²) in [6.45, 7) is 0. The number of phenolic OH excluding ortho intramolecular Hbond substituents is 2. The zero-order chi connectivity index (χ0) is 25.7. The average molecular weight is 547 g/mol. The molecule has 0 amide bonds. The Labute approximate surface area is 233 Å². The number of hydrogen-bond acceptors (Lipinski definition) is 5. The molecule has 0 spiro atoms. The number of benzene rings is 4. The third-order valence-electron chi connectivity index (χ3n) is 6.11. The first kappa shape index (κ1) is 27.6. The van der Waals surface area contributed by atoms with Crippen molar-refractivity contribution in [2.45, 2.75) is 35.5 Å². The van der Waals surface area contributed by atoms with Gasteiger partial charge in [0.1, 0.15) is 11.5 Å². The van der Waals surface area contributed by atoms with Crippen LogP contribution >= 0.6 is 35.3 Å². The molecule has 0 unspecified atom stereocenters. The van der Waals surface area contributed by atoms with Crippen LogP contribution in [0, 0.1) is 0 Å². The van der Waals surface area contributed by atoms with E-state index in [9.17, 15) is 10.2 Å². The monoisotopic (exact) mass is 546 g/mol. The number of aromatic hydroxyl groups is 2. The van der Waals surface area contributed by atoms with Crippen LogP contribution in [0.25, 0.3) is 0 Å². The van der Waals surface area contributed by atoms with Crippen molar-refractivity contribution in [1.29, 1.82) is 0 Å². The molecule has 37 heavy (non-hydrogen) atoms. The summed E-state index contributed by atoms with van der Waals surface area (Å²) < 4.78 is 0. The maximum Gasteiger partial charge on any atom is 0.115 e. The Kier molecular flexibility index (Phi) is 11.2. The van der Waals surface area contributed by atoms with Crippen LogP contribution in [0.5, 0.6) is 11.5 Å². The molecule has 0 aliphatic rings. The Bertz CT molecular complexity index is 1090. The smallest absolute Gasteiger partial charge is 0.115 e. The molecule has 0 aliphatic heterocycles. The molecule has 4 rings (SSSR count). The zero-order valence-corrected chi connectivity index (χ0v) is 23.5. The topological polar surface area (TPSA) is 40.5 Å². The molecule has 0 saturated carbocycles. The van der Waals surface area contributed by atoms with Crippen molar-refractivity contribution in [3.05, 3.63) is 119 Å². The SMILES string of the molecule is Oc1ccc(SCCc2ccc(CCSCCc3ccc(CCSc4ccc(O)cc4)cc3)cc2)cc1. The van der Waals surface area contributed by atoms with Gasteiger partial charge in [-0.25, -0.2) is 0 Å². The van der Waals surface area contributed by atoms with Crippen molar-refractivity contribution in [2.24, 2.45) is 0 Å². The van der Waals surface area contributed by atoms with Crippen molar-refractivity contribution in [1.82, 2.24) is 0 Å². The molecule has 4 aromatic carbocycles. The van der Waals surface area contributed by atoms with Crippen molar-refractivity contribution >= 4 is 35.3 Å². The number of aryl methyl sites for hydroxylation is 4. The molecule has 0 saturated heterocycles. The van der Waals surface area contributed by atoms with Crippen LogP contribution in [0.2, 0.25) is 0 Å². The second-order valence-corrected chi connectivity index (χ2v) is 12.5. The standard InChI is InChI=1S/C32H34O2S3/c33-29-9-13-31(14-10-29)36-23-19-27-5-1-25(2-6-27)17-21-35-22-18-26-3-7-28(8-4-26)20-24-37-32-15-11-30(34)12-16-32/h1-16,33-34H,17-24H2. The Balaban J connectivity index is 1.07. The fourth-order valence-corrected chi connectivity index (χ4v) is 6.65. The fourth-order valence-electron chi connectivity index (χ4n) is 3.89. The highest BCUT2D eigenvalue weighted by atomic mass is 32.2. The highest BCUT2D eigenvalue weighted by Gasteiger charge is 2.01. The Morgan fingerprint density at radius 1 is 0.378 bits per heavy atom. The first-order valence-corrected chi connectivity index (χ1v) is 15.8. The van der Waals surface area contributed by atoms with Crippen LogP contribution in [0.3, 0.4) is 0 Å². The van der Waals surface area contributed by atoms with Crippen LogP contribution in [0.4, 0.5) is 0 Å². The summed E-state index contributed by atoms with van der Waals surface area (Å²) in [4.78, 5) is 2.40. The highest BCUT2D eigenvalue weighted by Crippen LogP contribution is 2.23. The predicted octanol–water partition coefficient (Wildman–Crippen LogP) is 8.29. The van der Waals surface area contributed by atoms with E-state index in [1.54, 1.807) is 24.3 Å². The quantitative estimate of drug-likeness (QED) is 0.123. The molecule has 0 heterocycles. The molecule has 0 bridgehead atoms. The minimum Gasteiger partial charge on any atom is -0.508 e. The first-order chi connectivity index (χ1) is 18.1. The molecule has 0 fully saturated rings. The third-order valence-corrected chi connectivity index (χ3v) is 9.12. The van der Waals surface area contributed by atoms with Crippen LogP contribution < -0.4 is 0 Å². The largest absolute Gasteiger partial charge is 0.508 e. The van der Waals surface area contributed by atoms with Gasteiger partial charge in [-0.05, 0) is 108 Å². The van der Waals surface area contributed by atoms with E-state index in [0.29, 0.717) is 11.5 Å². The second kappa shape index (κ2) is 15.1. The lowest BCUT2D eigenvalue weighted by Gasteiger charge is -2.07. The molecule has 2 N–H and O–H groups in total. The summed E-state index contributed by atoms with van der Waals surface area (Å²) in [5.74, 6) is 5.03.